The van der Waals surface area contributed by atoms with Crippen molar-refractivity contribution in [2.24, 2.45) is 17.3 Å². The van der Waals surface area contributed by atoms with Gasteiger partial charge in [0.15, 0.2) is 0 Å². The Morgan fingerprint density at radius 1 is 1.32 bits per heavy atom. The second-order valence-electron chi connectivity index (χ2n) is 7.42. The van der Waals surface area contributed by atoms with Crippen LogP contribution in [0.1, 0.15) is 43.7 Å². The fraction of sp³-hybridized carbons (Fsp3) is 0.500. The predicted octanol–water partition coefficient (Wildman–Crippen LogP) is 3.52. The SMILES string of the molecule is C#C[C@]1(O)CC[C@@H]2[C@@H]3CCc4cc(O)ccc4C3=CC[C@@]21C. The van der Waals surface area contributed by atoms with E-state index in [1.165, 1.54) is 16.7 Å². The molecule has 0 bridgehead atoms. The molecule has 22 heavy (non-hydrogen) atoms. The highest BCUT2D eigenvalue weighted by atomic mass is 16.3. The van der Waals surface area contributed by atoms with E-state index in [1.54, 1.807) is 6.07 Å². The van der Waals surface area contributed by atoms with Gasteiger partial charge in [-0.15, -0.1) is 6.42 Å². The molecule has 1 aromatic carbocycles. The van der Waals surface area contributed by atoms with Crippen LogP contribution in [0, 0.1) is 29.6 Å². The molecule has 0 saturated heterocycles. The normalized spacial score (nSPS) is 39.2. The molecule has 0 spiro atoms. The number of benzene rings is 1. The standard InChI is InChI=1S/C20H22O2/c1-3-20(22)11-9-18-17-6-4-13-12-14(21)5-7-15(13)16(17)8-10-19(18,20)2/h1,5,7-8,12,17-18,21-22H,4,6,9-11H2,2H3/t17-,18-,19+,20+/m1/s1. The summed E-state index contributed by atoms with van der Waals surface area (Å²) in [6.45, 7) is 2.17. The third-order valence-corrected chi connectivity index (χ3v) is 6.57. The lowest BCUT2D eigenvalue weighted by molar-refractivity contribution is -0.0299. The van der Waals surface area contributed by atoms with Crippen LogP contribution in [0.15, 0.2) is 24.3 Å². The van der Waals surface area contributed by atoms with Gasteiger partial charge in [0.2, 0.25) is 0 Å². The van der Waals surface area contributed by atoms with Gasteiger partial charge in [0, 0.05) is 5.41 Å². The molecule has 2 nitrogen and oxygen atoms in total. The zero-order chi connectivity index (χ0) is 15.5. The van der Waals surface area contributed by atoms with Gasteiger partial charge in [-0.1, -0.05) is 25.0 Å². The summed E-state index contributed by atoms with van der Waals surface area (Å²) in [5, 5.41) is 20.6. The number of hydrogen-bond acceptors (Lipinski definition) is 2. The van der Waals surface area contributed by atoms with E-state index in [9.17, 15) is 10.2 Å². The van der Waals surface area contributed by atoms with Crippen molar-refractivity contribution in [1.82, 2.24) is 0 Å². The van der Waals surface area contributed by atoms with Crippen molar-refractivity contribution in [2.75, 3.05) is 0 Å². The first kappa shape index (κ1) is 13.9. The highest BCUT2D eigenvalue weighted by Crippen LogP contribution is 2.62. The van der Waals surface area contributed by atoms with Crippen molar-refractivity contribution in [3.8, 4) is 18.1 Å². The maximum atomic E-state index is 10.9. The largest absolute Gasteiger partial charge is 0.508 e. The number of aliphatic hydroxyl groups is 1. The van der Waals surface area contributed by atoms with Gasteiger partial charge < -0.3 is 10.2 Å². The average molecular weight is 294 g/mol. The van der Waals surface area contributed by atoms with Crippen molar-refractivity contribution >= 4 is 5.57 Å². The summed E-state index contributed by atoms with van der Waals surface area (Å²) in [6.07, 6.45) is 12.6. The Morgan fingerprint density at radius 2 is 2.14 bits per heavy atom. The quantitative estimate of drug-likeness (QED) is 0.719. The minimum Gasteiger partial charge on any atom is -0.508 e. The molecule has 4 atom stereocenters. The van der Waals surface area contributed by atoms with E-state index in [4.69, 9.17) is 6.42 Å². The number of phenolic OH excluding ortho intramolecular Hbond substituents is 1. The molecule has 0 aromatic heterocycles. The zero-order valence-corrected chi connectivity index (χ0v) is 13.0. The fourth-order valence-electron chi connectivity index (χ4n) is 5.21. The lowest BCUT2D eigenvalue weighted by Gasteiger charge is -2.48. The van der Waals surface area contributed by atoms with Crippen LogP contribution in [0.4, 0.5) is 0 Å². The van der Waals surface area contributed by atoms with Crippen LogP contribution in [0.5, 0.6) is 5.75 Å². The van der Waals surface area contributed by atoms with Crippen molar-refractivity contribution in [2.45, 2.75) is 44.6 Å². The summed E-state index contributed by atoms with van der Waals surface area (Å²) in [6, 6.07) is 5.72. The number of aryl methyl sites for hydroxylation is 1. The van der Waals surface area contributed by atoms with Crippen molar-refractivity contribution in [3.05, 3.63) is 35.4 Å². The van der Waals surface area contributed by atoms with Crippen LogP contribution in [0.3, 0.4) is 0 Å². The number of fused-ring (bicyclic) bond motifs is 5. The van der Waals surface area contributed by atoms with Gasteiger partial charge >= 0.3 is 0 Å². The lowest BCUT2D eigenvalue weighted by Crippen LogP contribution is -2.47. The molecular formula is C20H22O2. The minimum atomic E-state index is -0.963. The van der Waals surface area contributed by atoms with Crippen LogP contribution >= 0.6 is 0 Å². The van der Waals surface area contributed by atoms with E-state index in [2.05, 4.69) is 18.9 Å². The molecule has 4 rings (SSSR count). The van der Waals surface area contributed by atoms with Crippen LogP contribution in [0.25, 0.3) is 5.57 Å². The van der Waals surface area contributed by atoms with E-state index in [0.29, 0.717) is 24.0 Å². The maximum absolute atomic E-state index is 10.9. The van der Waals surface area contributed by atoms with E-state index >= 15 is 0 Å². The van der Waals surface area contributed by atoms with E-state index in [0.717, 1.165) is 25.7 Å². The Balaban J connectivity index is 1.80. The molecule has 0 heterocycles. The van der Waals surface area contributed by atoms with Gasteiger partial charge in [0.1, 0.15) is 11.4 Å². The summed E-state index contributed by atoms with van der Waals surface area (Å²) in [4.78, 5) is 0. The Labute approximate surface area is 131 Å². The number of allylic oxidation sites excluding steroid dienone is 2. The third-order valence-electron chi connectivity index (χ3n) is 6.57. The first-order chi connectivity index (χ1) is 10.5. The first-order valence-electron chi connectivity index (χ1n) is 8.21. The summed E-state index contributed by atoms with van der Waals surface area (Å²) >= 11 is 0. The second kappa shape index (κ2) is 4.40. The average Bonchev–Trinajstić information content (AvgIpc) is 2.79. The number of phenols is 1. The monoisotopic (exact) mass is 294 g/mol. The van der Waals surface area contributed by atoms with Crippen molar-refractivity contribution in [1.29, 1.82) is 0 Å². The number of terminal acetylenes is 1. The van der Waals surface area contributed by atoms with Crippen molar-refractivity contribution in [3.63, 3.8) is 0 Å². The zero-order valence-electron chi connectivity index (χ0n) is 13.0. The molecule has 2 heteroatoms. The number of hydrogen-bond donors (Lipinski definition) is 2. The topological polar surface area (TPSA) is 40.5 Å². The highest BCUT2D eigenvalue weighted by molar-refractivity contribution is 5.74. The van der Waals surface area contributed by atoms with Gasteiger partial charge in [-0.05, 0) is 72.8 Å². The van der Waals surface area contributed by atoms with Crippen LogP contribution in [-0.2, 0) is 6.42 Å². The first-order valence-corrected chi connectivity index (χ1v) is 8.21. The van der Waals surface area contributed by atoms with E-state index < -0.39 is 5.60 Å². The van der Waals surface area contributed by atoms with Crippen LogP contribution in [0.2, 0.25) is 0 Å². The van der Waals surface area contributed by atoms with Gasteiger partial charge in [0.25, 0.3) is 0 Å². The van der Waals surface area contributed by atoms with Gasteiger partial charge in [0.05, 0.1) is 0 Å². The summed E-state index contributed by atoms with van der Waals surface area (Å²) in [7, 11) is 0. The molecule has 2 N–H and O–H groups in total. The third kappa shape index (κ3) is 1.61. The Kier molecular flexibility index (Phi) is 2.78. The maximum Gasteiger partial charge on any atom is 0.131 e. The van der Waals surface area contributed by atoms with Crippen LogP contribution in [-0.4, -0.2) is 15.8 Å². The fourth-order valence-corrected chi connectivity index (χ4v) is 5.21. The summed E-state index contributed by atoms with van der Waals surface area (Å²) in [5.74, 6) is 3.98. The molecular weight excluding hydrogens is 272 g/mol. The number of rotatable bonds is 0. The molecule has 1 saturated carbocycles. The van der Waals surface area contributed by atoms with Gasteiger partial charge in [-0.25, -0.2) is 0 Å². The summed E-state index contributed by atoms with van der Waals surface area (Å²) < 4.78 is 0. The highest BCUT2D eigenvalue weighted by Gasteiger charge is 2.59. The molecule has 1 aromatic rings. The molecule has 114 valence electrons. The molecule has 0 unspecified atom stereocenters. The van der Waals surface area contributed by atoms with Crippen LogP contribution < -0.4 is 0 Å². The Morgan fingerprint density at radius 3 is 2.91 bits per heavy atom. The van der Waals surface area contributed by atoms with E-state index in [1.807, 2.05) is 12.1 Å². The lowest BCUT2D eigenvalue weighted by atomic mass is 9.57. The Bertz CT molecular complexity index is 711. The molecule has 0 amide bonds. The molecule has 0 aliphatic heterocycles. The van der Waals surface area contributed by atoms with Gasteiger partial charge in [-0.3, -0.25) is 0 Å². The predicted molar refractivity (Wildman–Crippen MR) is 87.1 cm³/mol. The molecule has 0 radical (unpaired) electrons. The minimum absolute atomic E-state index is 0.204. The second-order valence-corrected chi connectivity index (χ2v) is 7.42. The number of aromatic hydroxyl groups is 1. The summed E-state index contributed by atoms with van der Waals surface area (Å²) in [5.41, 5.74) is 2.77. The Hall–Kier alpha value is -1.72. The van der Waals surface area contributed by atoms with Gasteiger partial charge in [-0.2, -0.15) is 0 Å². The van der Waals surface area contributed by atoms with Crippen molar-refractivity contribution < 1.29 is 10.2 Å². The molecule has 1 fully saturated rings. The molecule has 3 aliphatic rings. The molecule has 3 aliphatic carbocycles. The van der Waals surface area contributed by atoms with E-state index in [-0.39, 0.29) is 5.41 Å². The smallest absolute Gasteiger partial charge is 0.131 e.